The highest BCUT2D eigenvalue weighted by molar-refractivity contribution is 5.28. The van der Waals surface area contributed by atoms with Gasteiger partial charge < -0.3 is 14.6 Å². The van der Waals surface area contributed by atoms with Crippen LogP contribution < -0.4 is 9.47 Å². The number of aromatic nitrogens is 2. The van der Waals surface area contributed by atoms with Crippen molar-refractivity contribution in [1.29, 1.82) is 0 Å². The second kappa shape index (κ2) is 10.2. The van der Waals surface area contributed by atoms with E-state index in [1.54, 1.807) is 0 Å². The number of aliphatic hydroxyl groups is 1. The summed E-state index contributed by atoms with van der Waals surface area (Å²) in [7, 11) is 0. The zero-order valence-corrected chi connectivity index (χ0v) is 19.0. The molecule has 1 atom stereocenters. The first-order valence-electron chi connectivity index (χ1n) is 11.3. The molecule has 1 fully saturated rings. The van der Waals surface area contributed by atoms with Gasteiger partial charge in [-0.25, -0.2) is 0 Å². The highest BCUT2D eigenvalue weighted by atomic mass is 16.5. The number of β-amino-alcohol motifs (C(OH)–C–C–N with tert-alkyl or cyclic N) is 1. The van der Waals surface area contributed by atoms with Crippen molar-refractivity contribution < 1.29 is 14.6 Å². The molecule has 6 heteroatoms. The molecule has 1 N–H and O–H groups in total. The topological polar surface area (TPSA) is 59.8 Å². The number of likely N-dealkylation sites (tertiary alicyclic amines) is 1. The summed E-state index contributed by atoms with van der Waals surface area (Å²) in [6.07, 6.45) is 1.71. The van der Waals surface area contributed by atoms with Crippen molar-refractivity contribution in [3.8, 4) is 11.5 Å². The van der Waals surface area contributed by atoms with E-state index in [2.05, 4.69) is 35.1 Å². The first-order valence-corrected chi connectivity index (χ1v) is 11.3. The monoisotopic (exact) mass is 435 g/mol. The Hall–Kier alpha value is -2.83. The van der Waals surface area contributed by atoms with Gasteiger partial charge in [0, 0.05) is 18.8 Å². The maximum absolute atomic E-state index is 11.1. The van der Waals surface area contributed by atoms with Gasteiger partial charge in [-0.05, 0) is 69.1 Å². The number of hydrogen-bond acceptors (Lipinski definition) is 5. The normalized spacial score (nSPS) is 19.1. The Labute approximate surface area is 190 Å². The van der Waals surface area contributed by atoms with Gasteiger partial charge in [-0.3, -0.25) is 9.58 Å². The molecule has 170 valence electrons. The SMILES string of the molecule is Cc1cc(C)n(CCOc2cccc(CN3CCC[C@@](O)(COc4ccccc4)C3)c2)n1. The summed E-state index contributed by atoms with van der Waals surface area (Å²) in [4.78, 5) is 2.30. The molecule has 0 aliphatic carbocycles. The molecule has 2 aromatic carbocycles. The van der Waals surface area contributed by atoms with Crippen LogP contribution in [-0.2, 0) is 13.1 Å². The van der Waals surface area contributed by atoms with Gasteiger partial charge in [0.25, 0.3) is 0 Å². The van der Waals surface area contributed by atoms with Gasteiger partial charge in [0.05, 0.1) is 12.2 Å². The zero-order valence-electron chi connectivity index (χ0n) is 19.0. The number of para-hydroxylation sites is 1. The minimum atomic E-state index is -0.831. The second-order valence-corrected chi connectivity index (χ2v) is 8.79. The molecular formula is C26H33N3O3. The fraction of sp³-hybridized carbons (Fsp3) is 0.423. The van der Waals surface area contributed by atoms with E-state index in [1.165, 1.54) is 5.56 Å². The lowest BCUT2D eigenvalue weighted by Crippen LogP contribution is -2.51. The Morgan fingerprint density at radius 1 is 1.00 bits per heavy atom. The van der Waals surface area contributed by atoms with Crippen molar-refractivity contribution in [2.24, 2.45) is 0 Å². The van der Waals surface area contributed by atoms with E-state index in [0.29, 0.717) is 19.8 Å². The molecule has 6 nitrogen and oxygen atoms in total. The summed E-state index contributed by atoms with van der Waals surface area (Å²) in [6, 6.07) is 20.0. The predicted octanol–water partition coefficient (Wildman–Crippen LogP) is 3.98. The molecule has 1 aliphatic heterocycles. The van der Waals surface area contributed by atoms with Gasteiger partial charge >= 0.3 is 0 Å². The van der Waals surface area contributed by atoms with E-state index < -0.39 is 5.60 Å². The predicted molar refractivity (Wildman–Crippen MR) is 125 cm³/mol. The fourth-order valence-corrected chi connectivity index (χ4v) is 4.34. The van der Waals surface area contributed by atoms with E-state index in [4.69, 9.17) is 9.47 Å². The quantitative estimate of drug-likeness (QED) is 0.551. The van der Waals surface area contributed by atoms with Gasteiger partial charge in [0.2, 0.25) is 0 Å². The molecule has 0 unspecified atom stereocenters. The fourth-order valence-electron chi connectivity index (χ4n) is 4.34. The molecule has 0 bridgehead atoms. The third kappa shape index (κ3) is 6.11. The summed E-state index contributed by atoms with van der Waals surface area (Å²) < 4.78 is 13.8. The van der Waals surface area contributed by atoms with Crippen LogP contribution in [0.25, 0.3) is 0 Å². The van der Waals surface area contributed by atoms with Crippen molar-refractivity contribution in [3.05, 3.63) is 77.6 Å². The van der Waals surface area contributed by atoms with Crippen LogP contribution >= 0.6 is 0 Å². The van der Waals surface area contributed by atoms with E-state index in [1.807, 2.05) is 54.1 Å². The molecular weight excluding hydrogens is 402 g/mol. The molecule has 2 heterocycles. The maximum Gasteiger partial charge on any atom is 0.119 e. The molecule has 0 radical (unpaired) electrons. The lowest BCUT2D eigenvalue weighted by molar-refractivity contribution is -0.0621. The first kappa shape index (κ1) is 22.4. The van der Waals surface area contributed by atoms with E-state index in [-0.39, 0.29) is 0 Å². The van der Waals surface area contributed by atoms with Crippen molar-refractivity contribution >= 4 is 0 Å². The Balaban J connectivity index is 1.29. The first-order chi connectivity index (χ1) is 15.5. The van der Waals surface area contributed by atoms with Gasteiger partial charge in [-0.2, -0.15) is 5.10 Å². The Morgan fingerprint density at radius 3 is 2.59 bits per heavy atom. The van der Waals surface area contributed by atoms with Crippen LogP contribution in [0.15, 0.2) is 60.7 Å². The Bertz CT molecular complexity index is 1000. The standard InChI is InChI=1S/C26H33N3O3/c1-21-16-22(2)29(27-21)14-15-31-25-11-6-8-23(17-25)18-28-13-7-12-26(30,19-28)20-32-24-9-4-3-5-10-24/h3-6,8-11,16-17,30H,7,12-15,18-20H2,1-2H3/t26-/m0/s1. The average molecular weight is 436 g/mol. The van der Waals surface area contributed by atoms with Crippen molar-refractivity contribution in [1.82, 2.24) is 14.7 Å². The van der Waals surface area contributed by atoms with Gasteiger partial charge in [-0.15, -0.1) is 0 Å². The third-order valence-corrected chi connectivity index (χ3v) is 5.86. The summed E-state index contributed by atoms with van der Waals surface area (Å²) in [5, 5.41) is 15.6. The highest BCUT2D eigenvalue weighted by Crippen LogP contribution is 2.25. The van der Waals surface area contributed by atoms with Gasteiger partial charge in [0.1, 0.15) is 30.3 Å². The van der Waals surface area contributed by atoms with Crippen LogP contribution in [0.1, 0.15) is 29.8 Å². The number of aryl methyl sites for hydroxylation is 2. The average Bonchev–Trinajstić information content (AvgIpc) is 3.10. The second-order valence-electron chi connectivity index (χ2n) is 8.79. The van der Waals surface area contributed by atoms with E-state index >= 15 is 0 Å². The zero-order chi connectivity index (χ0) is 22.4. The maximum atomic E-state index is 11.1. The lowest BCUT2D eigenvalue weighted by atomic mass is 9.93. The number of rotatable bonds is 9. The smallest absolute Gasteiger partial charge is 0.119 e. The number of piperidine rings is 1. The molecule has 4 rings (SSSR count). The minimum absolute atomic E-state index is 0.309. The highest BCUT2D eigenvalue weighted by Gasteiger charge is 2.34. The van der Waals surface area contributed by atoms with Crippen LogP contribution in [0, 0.1) is 13.8 Å². The van der Waals surface area contributed by atoms with Gasteiger partial charge in [-0.1, -0.05) is 30.3 Å². The summed E-state index contributed by atoms with van der Waals surface area (Å²) >= 11 is 0. The minimum Gasteiger partial charge on any atom is -0.492 e. The van der Waals surface area contributed by atoms with Crippen LogP contribution in [0.2, 0.25) is 0 Å². The van der Waals surface area contributed by atoms with E-state index in [9.17, 15) is 5.11 Å². The summed E-state index contributed by atoms with van der Waals surface area (Å²) in [5.41, 5.74) is 2.53. The third-order valence-electron chi connectivity index (χ3n) is 5.86. The molecule has 0 spiro atoms. The molecule has 1 aliphatic rings. The summed E-state index contributed by atoms with van der Waals surface area (Å²) in [6.45, 7) is 8.02. The van der Waals surface area contributed by atoms with Crippen LogP contribution in [0.4, 0.5) is 0 Å². The number of hydrogen-bond donors (Lipinski definition) is 1. The van der Waals surface area contributed by atoms with Crippen LogP contribution in [-0.4, -0.2) is 51.7 Å². The number of benzene rings is 2. The Morgan fingerprint density at radius 2 is 1.81 bits per heavy atom. The van der Waals surface area contributed by atoms with Crippen LogP contribution in [0.5, 0.6) is 11.5 Å². The molecule has 3 aromatic rings. The summed E-state index contributed by atoms with van der Waals surface area (Å²) in [5.74, 6) is 1.66. The van der Waals surface area contributed by atoms with E-state index in [0.717, 1.165) is 55.4 Å². The van der Waals surface area contributed by atoms with Crippen molar-refractivity contribution in [3.63, 3.8) is 0 Å². The number of ether oxygens (including phenoxy) is 2. The van der Waals surface area contributed by atoms with Crippen molar-refractivity contribution in [2.75, 3.05) is 26.3 Å². The molecule has 0 saturated carbocycles. The molecule has 1 saturated heterocycles. The molecule has 32 heavy (non-hydrogen) atoms. The molecule has 1 aromatic heterocycles. The largest absolute Gasteiger partial charge is 0.492 e. The number of nitrogens with zero attached hydrogens (tertiary/aromatic N) is 3. The Kier molecular flexibility index (Phi) is 7.12. The van der Waals surface area contributed by atoms with Crippen LogP contribution in [0.3, 0.4) is 0 Å². The lowest BCUT2D eigenvalue weighted by Gasteiger charge is -2.39. The van der Waals surface area contributed by atoms with Crippen molar-refractivity contribution in [2.45, 2.75) is 45.4 Å². The molecule has 0 amide bonds. The van der Waals surface area contributed by atoms with Gasteiger partial charge in [0.15, 0.2) is 0 Å².